The minimum atomic E-state index is -0.456. The van der Waals surface area contributed by atoms with Gasteiger partial charge in [0.25, 0.3) is 0 Å². The lowest BCUT2D eigenvalue weighted by molar-refractivity contribution is -0.140. The van der Waals surface area contributed by atoms with Crippen LogP contribution in [0.5, 0.6) is 0 Å². The Balaban J connectivity index is 1.78. The van der Waals surface area contributed by atoms with Crippen molar-refractivity contribution in [2.45, 2.75) is 40.7 Å². The maximum Gasteiger partial charge on any atom is 0.338 e. The van der Waals surface area contributed by atoms with Gasteiger partial charge in [0.05, 0.1) is 18.2 Å². The fraction of sp³-hybridized carbons (Fsp3) is 0.346. The number of benzene rings is 2. The number of anilines is 2. The highest BCUT2D eigenvalue weighted by Crippen LogP contribution is 2.32. The predicted octanol–water partition coefficient (Wildman–Crippen LogP) is 6.02. The van der Waals surface area contributed by atoms with E-state index in [0.29, 0.717) is 40.2 Å². The number of thiocarbonyl (C=S) groups is 1. The zero-order valence-electron chi connectivity index (χ0n) is 20.6. The van der Waals surface area contributed by atoms with Crippen LogP contribution >= 0.6 is 23.8 Å². The molecule has 0 aromatic heterocycles. The molecule has 1 aliphatic rings. The van der Waals surface area contributed by atoms with Gasteiger partial charge in [-0.2, -0.15) is 0 Å². The van der Waals surface area contributed by atoms with Gasteiger partial charge in [0.2, 0.25) is 0 Å². The summed E-state index contributed by atoms with van der Waals surface area (Å²) >= 11 is 11.7. The maximum atomic E-state index is 13.0. The lowest BCUT2D eigenvalue weighted by Crippen LogP contribution is -2.47. The fourth-order valence-electron chi connectivity index (χ4n) is 3.72. The van der Waals surface area contributed by atoms with E-state index in [-0.39, 0.29) is 17.9 Å². The first kappa shape index (κ1) is 26.5. The van der Waals surface area contributed by atoms with Gasteiger partial charge in [-0.05, 0) is 74.3 Å². The summed E-state index contributed by atoms with van der Waals surface area (Å²) in [6.45, 7) is 10.7. The second-order valence-corrected chi connectivity index (χ2v) is 9.58. The van der Waals surface area contributed by atoms with E-state index in [0.717, 1.165) is 16.8 Å². The van der Waals surface area contributed by atoms with Crippen LogP contribution in [0.3, 0.4) is 0 Å². The summed E-state index contributed by atoms with van der Waals surface area (Å²) in [5.74, 6) is -0.140. The van der Waals surface area contributed by atoms with Crippen molar-refractivity contribution in [3.05, 3.63) is 69.9 Å². The van der Waals surface area contributed by atoms with Crippen LogP contribution in [-0.2, 0) is 9.53 Å². The van der Waals surface area contributed by atoms with Crippen molar-refractivity contribution in [2.24, 2.45) is 5.92 Å². The predicted molar refractivity (Wildman–Crippen MR) is 145 cm³/mol. The Kier molecular flexibility index (Phi) is 8.75. The third-order valence-corrected chi connectivity index (χ3v) is 6.36. The van der Waals surface area contributed by atoms with Crippen molar-refractivity contribution < 1.29 is 14.3 Å². The number of nitrogens with zero attached hydrogens (tertiary/aromatic N) is 1. The molecule has 0 fully saturated rings. The topological polar surface area (TPSA) is 82.7 Å². The highest BCUT2D eigenvalue weighted by atomic mass is 35.5. The van der Waals surface area contributed by atoms with Crippen molar-refractivity contribution in [2.75, 3.05) is 23.8 Å². The van der Waals surface area contributed by atoms with Crippen molar-refractivity contribution in [1.29, 1.82) is 0 Å². The largest absolute Gasteiger partial charge is 0.462 e. The maximum absolute atomic E-state index is 13.0. The summed E-state index contributed by atoms with van der Waals surface area (Å²) in [6, 6.07) is 11.7. The quantitative estimate of drug-likeness (QED) is 0.310. The van der Waals surface area contributed by atoms with E-state index in [1.54, 1.807) is 24.3 Å². The Bertz CT molecular complexity index is 1150. The van der Waals surface area contributed by atoms with Gasteiger partial charge in [-0.1, -0.05) is 43.6 Å². The number of halogens is 1. The van der Waals surface area contributed by atoms with E-state index in [2.05, 4.69) is 16.0 Å². The zero-order valence-corrected chi connectivity index (χ0v) is 22.1. The van der Waals surface area contributed by atoms with Gasteiger partial charge >= 0.3 is 12.0 Å². The average molecular weight is 515 g/mol. The third kappa shape index (κ3) is 6.52. The summed E-state index contributed by atoms with van der Waals surface area (Å²) in [5.41, 5.74) is 4.25. The van der Waals surface area contributed by atoms with Crippen molar-refractivity contribution in [3.8, 4) is 0 Å². The number of nitrogens with one attached hydrogen (secondary N) is 3. The minimum absolute atomic E-state index is 0.227. The monoisotopic (exact) mass is 514 g/mol. The molecule has 2 amide bonds. The summed E-state index contributed by atoms with van der Waals surface area (Å²) in [7, 11) is 0. The highest BCUT2D eigenvalue weighted by Gasteiger charge is 2.34. The molecule has 1 heterocycles. The van der Waals surface area contributed by atoms with E-state index in [1.165, 1.54) is 0 Å². The molecule has 186 valence electrons. The van der Waals surface area contributed by atoms with Gasteiger partial charge in [-0.3, -0.25) is 0 Å². The first-order chi connectivity index (χ1) is 16.6. The van der Waals surface area contributed by atoms with Crippen LogP contribution in [0.4, 0.5) is 16.2 Å². The summed E-state index contributed by atoms with van der Waals surface area (Å²) in [4.78, 5) is 27.3. The lowest BCUT2D eigenvalue weighted by Gasteiger charge is -2.37. The van der Waals surface area contributed by atoms with E-state index in [9.17, 15) is 9.59 Å². The van der Waals surface area contributed by atoms with Gasteiger partial charge in [-0.15, -0.1) is 0 Å². The van der Waals surface area contributed by atoms with Gasteiger partial charge in [0.15, 0.2) is 5.11 Å². The summed E-state index contributed by atoms with van der Waals surface area (Å²) < 4.78 is 5.56. The lowest BCUT2D eigenvalue weighted by atomic mass is 9.95. The van der Waals surface area contributed by atoms with Crippen LogP contribution in [0.15, 0.2) is 53.7 Å². The number of hydrogen-bond donors (Lipinski definition) is 3. The Labute approximate surface area is 216 Å². The second-order valence-electron chi connectivity index (χ2n) is 8.78. The van der Waals surface area contributed by atoms with E-state index < -0.39 is 6.04 Å². The molecule has 9 heteroatoms. The fourth-order valence-corrected chi connectivity index (χ4v) is 4.28. The van der Waals surface area contributed by atoms with Crippen LogP contribution in [0.25, 0.3) is 0 Å². The van der Waals surface area contributed by atoms with Crippen molar-refractivity contribution >= 4 is 52.3 Å². The molecule has 0 aliphatic carbocycles. The van der Waals surface area contributed by atoms with Crippen LogP contribution in [0.1, 0.15) is 44.9 Å². The molecule has 3 rings (SSSR count). The molecule has 0 radical (unpaired) electrons. The number of hydrogen-bond acceptors (Lipinski definition) is 4. The van der Waals surface area contributed by atoms with Gasteiger partial charge in [-0.25, -0.2) is 9.59 Å². The average Bonchev–Trinajstić information content (AvgIpc) is 2.80. The molecule has 35 heavy (non-hydrogen) atoms. The minimum Gasteiger partial charge on any atom is -0.462 e. The smallest absolute Gasteiger partial charge is 0.338 e. The number of esters is 1. The Morgan fingerprint density at radius 3 is 2.34 bits per heavy atom. The molecule has 0 saturated heterocycles. The molecular formula is C26H31ClN4O3S. The van der Waals surface area contributed by atoms with Gasteiger partial charge in [0.1, 0.15) is 0 Å². The zero-order chi connectivity index (χ0) is 25.7. The number of aryl methyl sites for hydroxylation is 1. The van der Waals surface area contributed by atoms with Crippen LogP contribution in [0.2, 0.25) is 5.02 Å². The number of urea groups is 1. The number of rotatable bonds is 7. The number of carbonyl (C=O) groups is 2. The molecule has 3 N–H and O–H groups in total. The van der Waals surface area contributed by atoms with Crippen LogP contribution in [0, 0.1) is 12.8 Å². The molecular weight excluding hydrogens is 484 g/mol. The Morgan fingerprint density at radius 2 is 1.74 bits per heavy atom. The first-order valence-electron chi connectivity index (χ1n) is 11.5. The number of amides is 2. The molecule has 1 unspecified atom stereocenters. The first-order valence-corrected chi connectivity index (χ1v) is 12.3. The van der Waals surface area contributed by atoms with Crippen LogP contribution in [-0.4, -0.2) is 35.2 Å². The SMILES string of the molecule is CCN1C(=S)NC(c2ccc(NC(=O)Nc3ccc(C)c(Cl)c3)cc2)C(C(=O)OCC(C)C)=C1C. The number of ether oxygens (including phenoxy) is 1. The molecule has 0 saturated carbocycles. The number of allylic oxidation sites excluding steroid dienone is 1. The molecule has 7 nitrogen and oxygen atoms in total. The summed E-state index contributed by atoms with van der Waals surface area (Å²) in [5, 5.41) is 9.97. The van der Waals surface area contributed by atoms with E-state index in [4.69, 9.17) is 28.6 Å². The standard InChI is InChI=1S/C26H31ClN4O3S/c1-6-31-17(5)22(24(32)34-14-15(2)3)23(30-26(31)35)18-8-11-19(12-9-18)28-25(33)29-20-10-7-16(4)21(27)13-20/h7-13,15,23H,6,14H2,1-5H3,(H,30,35)(H2,28,29,33). The second kappa shape index (κ2) is 11.6. The normalized spacial score (nSPS) is 15.7. The molecule has 1 atom stereocenters. The molecule has 2 aromatic carbocycles. The summed E-state index contributed by atoms with van der Waals surface area (Å²) in [6.07, 6.45) is 0. The molecule has 1 aliphatic heterocycles. The van der Waals surface area contributed by atoms with Crippen molar-refractivity contribution in [1.82, 2.24) is 10.2 Å². The number of carbonyl (C=O) groups excluding carboxylic acids is 2. The highest BCUT2D eigenvalue weighted by molar-refractivity contribution is 7.80. The third-order valence-electron chi connectivity index (χ3n) is 5.61. The molecule has 0 bridgehead atoms. The van der Waals surface area contributed by atoms with E-state index >= 15 is 0 Å². The van der Waals surface area contributed by atoms with E-state index in [1.807, 2.05) is 57.7 Å². The molecule has 0 spiro atoms. The van der Waals surface area contributed by atoms with Crippen molar-refractivity contribution in [3.63, 3.8) is 0 Å². The Hall–Kier alpha value is -3.10. The Morgan fingerprint density at radius 1 is 1.11 bits per heavy atom. The molecule has 2 aromatic rings. The van der Waals surface area contributed by atoms with Crippen LogP contribution < -0.4 is 16.0 Å². The van der Waals surface area contributed by atoms with Gasteiger partial charge < -0.3 is 25.6 Å². The van der Waals surface area contributed by atoms with Gasteiger partial charge in [0, 0.05) is 28.6 Å².